The molecule has 2 saturated heterocycles. The van der Waals surface area contributed by atoms with Gasteiger partial charge < -0.3 is 19.5 Å². The molecule has 2 aliphatic rings. The van der Waals surface area contributed by atoms with E-state index in [1.54, 1.807) is 29.2 Å². The van der Waals surface area contributed by atoms with Gasteiger partial charge >= 0.3 is 0 Å². The number of nitrogens with one attached hydrogen (secondary N) is 1. The summed E-state index contributed by atoms with van der Waals surface area (Å²) < 4.78 is 18.3. The predicted molar refractivity (Wildman–Crippen MR) is 145 cm³/mol. The van der Waals surface area contributed by atoms with Gasteiger partial charge in [0.1, 0.15) is 4.32 Å². The molecule has 1 atom stereocenters. The van der Waals surface area contributed by atoms with Crippen LogP contribution in [0.15, 0.2) is 45.8 Å². The second-order valence-corrected chi connectivity index (χ2v) is 10.7. The third-order valence-electron chi connectivity index (χ3n) is 5.59. The van der Waals surface area contributed by atoms with Crippen LogP contribution in [0, 0.1) is 6.92 Å². The third-order valence-corrected chi connectivity index (χ3v) is 7.46. The van der Waals surface area contributed by atoms with Crippen molar-refractivity contribution in [3.63, 3.8) is 0 Å². The van der Waals surface area contributed by atoms with Crippen LogP contribution in [0.3, 0.4) is 0 Å². The van der Waals surface area contributed by atoms with Crippen LogP contribution in [0.2, 0.25) is 0 Å². The van der Waals surface area contributed by atoms with E-state index in [-0.39, 0.29) is 24.5 Å². The number of thiocarbonyl (C=S) groups is 1. The minimum absolute atomic E-state index is 0.0401. The van der Waals surface area contributed by atoms with Crippen LogP contribution in [0.25, 0.3) is 6.08 Å². The molecule has 2 aliphatic heterocycles. The second kappa shape index (κ2) is 11.6. The Hall–Kier alpha value is -2.40. The molecule has 0 radical (unpaired) electrons. The van der Waals surface area contributed by atoms with Gasteiger partial charge in [-0.1, -0.05) is 46.0 Å². The van der Waals surface area contributed by atoms with Gasteiger partial charge in [-0.15, -0.1) is 0 Å². The standard InChI is InChI=1S/C25H25BrN2O5S2/c1-15-10-17(26)6-7-19(15)27-23(29)14-33-20-8-5-16(11-21(20)31-2)12-22-24(30)28(25(34)35-22)13-18-4-3-9-32-18/h5-8,10-12,18H,3-4,9,13-14H2,1-2H3,(H,27,29)/b22-12-/t18-/m1/s1. The largest absolute Gasteiger partial charge is 0.493 e. The van der Waals surface area contributed by atoms with Crippen molar-refractivity contribution in [2.45, 2.75) is 25.9 Å². The highest BCUT2D eigenvalue weighted by atomic mass is 79.9. The molecular weight excluding hydrogens is 552 g/mol. The van der Waals surface area contributed by atoms with Gasteiger partial charge in [-0.25, -0.2) is 0 Å². The minimum Gasteiger partial charge on any atom is -0.493 e. The number of thioether (sulfide) groups is 1. The van der Waals surface area contributed by atoms with Crippen LogP contribution < -0.4 is 14.8 Å². The molecule has 0 aliphatic carbocycles. The number of nitrogens with zero attached hydrogens (tertiary/aromatic N) is 1. The molecule has 7 nitrogen and oxygen atoms in total. The SMILES string of the molecule is COc1cc(/C=C2\SC(=S)N(C[C@H]3CCCO3)C2=O)ccc1OCC(=O)Nc1ccc(Br)cc1C. The Balaban J connectivity index is 1.39. The minimum atomic E-state index is -0.281. The molecule has 1 N–H and O–H groups in total. The number of benzene rings is 2. The Morgan fingerprint density at radius 3 is 2.86 bits per heavy atom. The summed E-state index contributed by atoms with van der Waals surface area (Å²) in [5.41, 5.74) is 2.43. The smallest absolute Gasteiger partial charge is 0.266 e. The normalized spacial score (nSPS) is 18.9. The van der Waals surface area contributed by atoms with Crippen LogP contribution in [-0.4, -0.2) is 54.0 Å². The van der Waals surface area contributed by atoms with Crippen molar-refractivity contribution < 1.29 is 23.8 Å². The molecule has 2 amide bonds. The summed E-state index contributed by atoms with van der Waals surface area (Å²) in [6, 6.07) is 10.9. The summed E-state index contributed by atoms with van der Waals surface area (Å²) in [4.78, 5) is 27.4. The van der Waals surface area contributed by atoms with Crippen molar-refractivity contribution >= 4 is 67.8 Å². The topological polar surface area (TPSA) is 77.1 Å². The van der Waals surface area contributed by atoms with Crippen molar-refractivity contribution in [3.8, 4) is 11.5 Å². The summed E-state index contributed by atoms with van der Waals surface area (Å²) in [5.74, 6) is 0.491. The van der Waals surface area contributed by atoms with E-state index in [2.05, 4.69) is 21.2 Å². The highest BCUT2D eigenvalue weighted by Crippen LogP contribution is 2.35. The molecule has 184 valence electrons. The molecule has 0 aromatic heterocycles. The molecule has 0 spiro atoms. The fourth-order valence-corrected chi connectivity index (χ4v) is 5.54. The summed E-state index contributed by atoms with van der Waals surface area (Å²) in [5, 5.41) is 2.84. The number of aryl methyl sites for hydroxylation is 1. The van der Waals surface area contributed by atoms with E-state index in [4.69, 9.17) is 26.4 Å². The number of methoxy groups -OCH3 is 1. The molecule has 4 rings (SSSR count). The number of carbonyl (C=O) groups is 2. The quantitative estimate of drug-likeness (QED) is 0.343. The van der Waals surface area contributed by atoms with Crippen LogP contribution in [0.5, 0.6) is 11.5 Å². The van der Waals surface area contributed by atoms with E-state index in [0.29, 0.717) is 27.3 Å². The van der Waals surface area contributed by atoms with E-state index < -0.39 is 0 Å². The van der Waals surface area contributed by atoms with Crippen molar-refractivity contribution in [3.05, 3.63) is 56.9 Å². The Kier molecular flexibility index (Phi) is 8.48. The maximum absolute atomic E-state index is 12.9. The first kappa shape index (κ1) is 25.7. The first-order valence-electron chi connectivity index (χ1n) is 11.1. The Labute approximate surface area is 222 Å². The fourth-order valence-electron chi connectivity index (χ4n) is 3.79. The number of carbonyl (C=O) groups excluding carboxylic acids is 2. The Bertz CT molecular complexity index is 1180. The first-order chi connectivity index (χ1) is 16.8. The lowest BCUT2D eigenvalue weighted by atomic mass is 10.1. The van der Waals surface area contributed by atoms with Crippen molar-refractivity contribution in [2.75, 3.05) is 32.2 Å². The van der Waals surface area contributed by atoms with Gasteiger partial charge in [0.2, 0.25) is 0 Å². The predicted octanol–water partition coefficient (Wildman–Crippen LogP) is 5.16. The van der Waals surface area contributed by atoms with Crippen molar-refractivity contribution in [2.24, 2.45) is 0 Å². The second-order valence-electron chi connectivity index (χ2n) is 8.13. The molecule has 10 heteroatoms. The lowest BCUT2D eigenvalue weighted by molar-refractivity contribution is -0.123. The van der Waals surface area contributed by atoms with E-state index in [0.717, 1.165) is 40.7 Å². The number of halogens is 1. The Morgan fingerprint density at radius 1 is 1.31 bits per heavy atom. The zero-order chi connectivity index (χ0) is 24.9. The van der Waals surface area contributed by atoms with Gasteiger partial charge in [-0.2, -0.15) is 0 Å². The van der Waals surface area contributed by atoms with Crippen molar-refractivity contribution in [1.82, 2.24) is 4.90 Å². The molecule has 0 bridgehead atoms. The Morgan fingerprint density at radius 2 is 2.14 bits per heavy atom. The number of hydrogen-bond donors (Lipinski definition) is 1. The van der Waals surface area contributed by atoms with Crippen LogP contribution >= 0.6 is 39.9 Å². The highest BCUT2D eigenvalue weighted by Gasteiger charge is 2.34. The number of hydrogen-bond acceptors (Lipinski definition) is 7. The summed E-state index contributed by atoms with van der Waals surface area (Å²) in [7, 11) is 1.53. The highest BCUT2D eigenvalue weighted by molar-refractivity contribution is 9.10. The van der Waals surface area contributed by atoms with Gasteiger partial charge in [0, 0.05) is 16.8 Å². The number of amides is 2. The van der Waals surface area contributed by atoms with Gasteiger partial charge in [-0.3, -0.25) is 14.5 Å². The maximum Gasteiger partial charge on any atom is 0.266 e. The van der Waals surface area contributed by atoms with E-state index in [1.807, 2.05) is 25.1 Å². The van der Waals surface area contributed by atoms with E-state index in [9.17, 15) is 9.59 Å². The van der Waals surface area contributed by atoms with Gasteiger partial charge in [0.15, 0.2) is 18.1 Å². The summed E-state index contributed by atoms with van der Waals surface area (Å²) >= 11 is 10.1. The van der Waals surface area contributed by atoms with Gasteiger partial charge in [-0.05, 0) is 67.3 Å². The van der Waals surface area contributed by atoms with Crippen molar-refractivity contribution in [1.29, 1.82) is 0 Å². The first-order valence-corrected chi connectivity index (χ1v) is 13.1. The summed E-state index contributed by atoms with van der Waals surface area (Å²) in [6.07, 6.45) is 3.77. The fraction of sp³-hybridized carbons (Fsp3) is 0.320. The van der Waals surface area contributed by atoms with E-state index in [1.165, 1.54) is 18.9 Å². The molecular formula is C25H25BrN2O5S2. The van der Waals surface area contributed by atoms with E-state index >= 15 is 0 Å². The van der Waals surface area contributed by atoms with Crippen LogP contribution in [0.1, 0.15) is 24.0 Å². The average molecular weight is 578 g/mol. The zero-order valence-electron chi connectivity index (χ0n) is 19.3. The average Bonchev–Trinajstić information content (AvgIpc) is 3.44. The molecule has 2 aromatic carbocycles. The van der Waals surface area contributed by atoms with Gasteiger partial charge in [0.25, 0.3) is 11.8 Å². The lowest BCUT2D eigenvalue weighted by Crippen LogP contribution is -2.35. The number of ether oxygens (including phenoxy) is 3. The molecule has 2 aromatic rings. The molecule has 2 heterocycles. The number of rotatable bonds is 8. The lowest BCUT2D eigenvalue weighted by Gasteiger charge is -2.18. The molecule has 0 saturated carbocycles. The molecule has 2 fully saturated rings. The van der Waals surface area contributed by atoms with Gasteiger partial charge in [0.05, 0.1) is 24.7 Å². The number of anilines is 1. The monoisotopic (exact) mass is 576 g/mol. The third kappa shape index (κ3) is 6.43. The van der Waals surface area contributed by atoms with Crippen LogP contribution in [-0.2, 0) is 14.3 Å². The molecule has 0 unspecified atom stereocenters. The summed E-state index contributed by atoms with van der Waals surface area (Å²) in [6.45, 7) is 2.96. The zero-order valence-corrected chi connectivity index (χ0v) is 22.6. The maximum atomic E-state index is 12.9. The van der Waals surface area contributed by atoms with Crippen LogP contribution in [0.4, 0.5) is 5.69 Å². The molecule has 35 heavy (non-hydrogen) atoms.